The zero-order valence-corrected chi connectivity index (χ0v) is 13.2. The quantitative estimate of drug-likeness (QED) is 0.926. The maximum absolute atomic E-state index is 11.7. The van der Waals surface area contributed by atoms with Gasteiger partial charge in [0.1, 0.15) is 0 Å². The van der Waals surface area contributed by atoms with E-state index < -0.39 is 21.4 Å². The molecular formula is C15H21NO4S. The summed E-state index contributed by atoms with van der Waals surface area (Å²) in [6, 6.07) is 6.85. The number of sulfonamides is 1. The van der Waals surface area contributed by atoms with Crippen molar-refractivity contribution in [3.63, 3.8) is 0 Å². The van der Waals surface area contributed by atoms with Crippen LogP contribution in [0.15, 0.2) is 24.3 Å². The normalized spacial score (nSPS) is 18.2. The van der Waals surface area contributed by atoms with Gasteiger partial charge < -0.3 is 5.11 Å². The molecule has 0 heterocycles. The number of aliphatic carboxylic acids is 1. The summed E-state index contributed by atoms with van der Waals surface area (Å²) in [5.74, 6) is -0.786. The van der Waals surface area contributed by atoms with Gasteiger partial charge in [-0.1, -0.05) is 31.4 Å². The number of benzene rings is 1. The van der Waals surface area contributed by atoms with Crippen molar-refractivity contribution < 1.29 is 18.3 Å². The van der Waals surface area contributed by atoms with E-state index in [2.05, 4.69) is 0 Å². The lowest BCUT2D eigenvalue weighted by Crippen LogP contribution is -2.37. The van der Waals surface area contributed by atoms with E-state index in [0.717, 1.165) is 31.1 Å². The third kappa shape index (κ3) is 3.05. The zero-order valence-electron chi connectivity index (χ0n) is 12.4. The predicted molar refractivity (Wildman–Crippen MR) is 82.1 cm³/mol. The number of carboxylic acid groups (broad SMARTS) is 1. The maximum Gasteiger partial charge on any atom is 0.314 e. The maximum atomic E-state index is 11.7. The van der Waals surface area contributed by atoms with Crippen molar-refractivity contribution in [2.75, 3.05) is 17.6 Å². The lowest BCUT2D eigenvalue weighted by atomic mass is 9.69. The Labute approximate surface area is 125 Å². The Kier molecular flexibility index (Phi) is 4.27. The van der Waals surface area contributed by atoms with Crippen LogP contribution in [0.3, 0.4) is 0 Å². The lowest BCUT2D eigenvalue weighted by Gasteiger charge is -2.34. The van der Waals surface area contributed by atoms with E-state index in [1.807, 2.05) is 0 Å². The SMILES string of the molecule is CN(c1ccc(C2(C(=O)O)CCCCC2)cc1)S(C)(=O)=O. The van der Waals surface area contributed by atoms with Crippen LogP contribution in [-0.2, 0) is 20.2 Å². The number of hydrogen-bond donors (Lipinski definition) is 1. The summed E-state index contributed by atoms with van der Waals surface area (Å²) in [5, 5.41) is 9.64. The summed E-state index contributed by atoms with van der Waals surface area (Å²) < 4.78 is 24.2. The minimum Gasteiger partial charge on any atom is -0.481 e. The first-order valence-electron chi connectivity index (χ1n) is 7.05. The summed E-state index contributed by atoms with van der Waals surface area (Å²) in [5.41, 5.74) is 0.485. The van der Waals surface area contributed by atoms with Gasteiger partial charge in [-0.25, -0.2) is 8.42 Å². The molecule has 1 aromatic carbocycles. The second-order valence-electron chi connectivity index (χ2n) is 5.73. The second kappa shape index (κ2) is 5.67. The number of hydrogen-bond acceptors (Lipinski definition) is 3. The molecule has 1 aliphatic carbocycles. The fraction of sp³-hybridized carbons (Fsp3) is 0.533. The molecule has 1 N–H and O–H groups in total. The zero-order chi connectivity index (χ0) is 15.7. The Morgan fingerprint density at radius 2 is 1.67 bits per heavy atom. The molecule has 2 rings (SSSR count). The van der Waals surface area contributed by atoms with Gasteiger partial charge in [-0.05, 0) is 30.5 Å². The van der Waals surface area contributed by atoms with Crippen LogP contribution in [0.1, 0.15) is 37.7 Å². The van der Waals surface area contributed by atoms with Gasteiger partial charge in [0.25, 0.3) is 0 Å². The fourth-order valence-corrected chi connectivity index (χ4v) is 3.47. The van der Waals surface area contributed by atoms with Crippen LogP contribution in [0.4, 0.5) is 5.69 Å². The van der Waals surface area contributed by atoms with Crippen molar-refractivity contribution in [3.8, 4) is 0 Å². The van der Waals surface area contributed by atoms with Crippen LogP contribution in [0.25, 0.3) is 0 Å². The second-order valence-corrected chi connectivity index (χ2v) is 7.74. The van der Waals surface area contributed by atoms with Gasteiger partial charge in [0.15, 0.2) is 0 Å². The molecule has 116 valence electrons. The highest BCUT2D eigenvalue weighted by Crippen LogP contribution is 2.40. The summed E-state index contributed by atoms with van der Waals surface area (Å²) in [6.45, 7) is 0. The van der Waals surface area contributed by atoms with Crippen LogP contribution in [0.5, 0.6) is 0 Å². The largest absolute Gasteiger partial charge is 0.481 e. The highest BCUT2D eigenvalue weighted by Gasteiger charge is 2.41. The molecule has 1 saturated carbocycles. The molecule has 0 spiro atoms. The average molecular weight is 311 g/mol. The van der Waals surface area contributed by atoms with E-state index in [0.29, 0.717) is 18.5 Å². The topological polar surface area (TPSA) is 74.7 Å². The summed E-state index contributed by atoms with van der Waals surface area (Å²) in [6.07, 6.45) is 5.33. The Morgan fingerprint density at radius 3 is 2.10 bits per heavy atom. The molecule has 5 nitrogen and oxygen atoms in total. The van der Waals surface area contributed by atoms with Crippen molar-refractivity contribution in [2.45, 2.75) is 37.5 Å². The van der Waals surface area contributed by atoms with E-state index in [-0.39, 0.29) is 0 Å². The molecule has 6 heteroatoms. The van der Waals surface area contributed by atoms with Crippen LogP contribution in [0.2, 0.25) is 0 Å². The highest BCUT2D eigenvalue weighted by atomic mass is 32.2. The number of nitrogens with zero attached hydrogens (tertiary/aromatic N) is 1. The van der Waals surface area contributed by atoms with Gasteiger partial charge in [0.2, 0.25) is 10.0 Å². The first kappa shape index (κ1) is 15.8. The molecule has 1 aromatic rings. The number of carboxylic acids is 1. The summed E-state index contributed by atoms with van der Waals surface area (Å²) in [7, 11) is -1.82. The Hall–Kier alpha value is -1.56. The molecule has 0 aromatic heterocycles. The van der Waals surface area contributed by atoms with Crippen LogP contribution in [0, 0.1) is 0 Å². The van der Waals surface area contributed by atoms with Crippen LogP contribution < -0.4 is 4.31 Å². The van der Waals surface area contributed by atoms with E-state index in [1.54, 1.807) is 24.3 Å². The van der Waals surface area contributed by atoms with Crippen LogP contribution >= 0.6 is 0 Å². The first-order chi connectivity index (χ1) is 9.77. The smallest absolute Gasteiger partial charge is 0.314 e. The van der Waals surface area contributed by atoms with Gasteiger partial charge >= 0.3 is 5.97 Å². The Balaban J connectivity index is 2.35. The summed E-state index contributed by atoms with van der Waals surface area (Å²) in [4.78, 5) is 11.7. The molecule has 21 heavy (non-hydrogen) atoms. The first-order valence-corrected chi connectivity index (χ1v) is 8.90. The average Bonchev–Trinajstić information content (AvgIpc) is 2.46. The van der Waals surface area contributed by atoms with E-state index in [4.69, 9.17) is 0 Å². The van der Waals surface area contributed by atoms with E-state index in [9.17, 15) is 18.3 Å². The van der Waals surface area contributed by atoms with Crippen molar-refractivity contribution in [1.82, 2.24) is 0 Å². The van der Waals surface area contributed by atoms with Gasteiger partial charge in [-0.15, -0.1) is 0 Å². The van der Waals surface area contributed by atoms with Gasteiger partial charge in [0, 0.05) is 7.05 Å². The van der Waals surface area contributed by atoms with Crippen molar-refractivity contribution in [1.29, 1.82) is 0 Å². The third-order valence-corrected chi connectivity index (χ3v) is 5.60. The molecule has 1 aliphatic rings. The minimum absolute atomic E-state index is 0.539. The summed E-state index contributed by atoms with van der Waals surface area (Å²) >= 11 is 0. The van der Waals surface area contributed by atoms with Crippen molar-refractivity contribution in [2.24, 2.45) is 0 Å². The van der Waals surface area contributed by atoms with Crippen molar-refractivity contribution in [3.05, 3.63) is 29.8 Å². The minimum atomic E-state index is -3.31. The van der Waals surface area contributed by atoms with Gasteiger partial charge in [-0.2, -0.15) is 0 Å². The fourth-order valence-electron chi connectivity index (χ4n) is 2.96. The molecular weight excluding hydrogens is 290 g/mol. The Bertz CT molecular complexity index is 616. The number of anilines is 1. The number of carbonyl (C=O) groups is 1. The van der Waals surface area contributed by atoms with Gasteiger partial charge in [-0.3, -0.25) is 9.10 Å². The molecule has 0 radical (unpaired) electrons. The van der Waals surface area contributed by atoms with Crippen molar-refractivity contribution >= 4 is 21.7 Å². The molecule has 0 aliphatic heterocycles. The molecule has 0 saturated heterocycles. The van der Waals surface area contributed by atoms with Crippen LogP contribution in [-0.4, -0.2) is 32.8 Å². The molecule has 0 amide bonds. The third-order valence-electron chi connectivity index (χ3n) is 4.40. The van der Waals surface area contributed by atoms with Gasteiger partial charge in [0.05, 0.1) is 17.4 Å². The molecule has 0 bridgehead atoms. The highest BCUT2D eigenvalue weighted by molar-refractivity contribution is 7.92. The molecule has 1 fully saturated rings. The molecule has 0 atom stereocenters. The number of rotatable bonds is 4. The monoisotopic (exact) mass is 311 g/mol. The van der Waals surface area contributed by atoms with E-state index in [1.165, 1.54) is 11.4 Å². The standard InChI is InChI=1S/C15H21NO4S/c1-16(21(2,19)20)13-8-6-12(7-9-13)15(14(17)18)10-4-3-5-11-15/h6-9H,3-5,10-11H2,1-2H3,(H,17,18). The molecule has 0 unspecified atom stereocenters. The predicted octanol–water partition coefficient (Wildman–Crippen LogP) is 2.37. The Morgan fingerprint density at radius 1 is 1.14 bits per heavy atom. The van der Waals surface area contributed by atoms with E-state index >= 15 is 0 Å². The lowest BCUT2D eigenvalue weighted by molar-refractivity contribution is -0.145.